The molecule has 3 unspecified atom stereocenters. The number of phosphoric acid groups is 1. The molecule has 0 aliphatic rings. The Labute approximate surface area is 414 Å². The molecule has 0 spiro atoms. The number of quaternary nitrogens is 1. The van der Waals surface area contributed by atoms with Crippen molar-refractivity contribution in [3.05, 3.63) is 48.6 Å². The van der Waals surface area contributed by atoms with Crippen LogP contribution in [0.3, 0.4) is 0 Å². The third-order valence-corrected chi connectivity index (χ3v) is 13.3. The molecule has 0 saturated carbocycles. The Morgan fingerprint density at radius 3 is 1.43 bits per heavy atom. The molecule has 0 saturated heterocycles. The number of hydrogen-bond acceptors (Lipinski definition) is 6. The van der Waals surface area contributed by atoms with Crippen LogP contribution < -0.4 is 5.32 Å². The molecule has 0 aliphatic heterocycles. The molecule has 0 aromatic heterocycles. The molecule has 0 aliphatic carbocycles. The van der Waals surface area contributed by atoms with Gasteiger partial charge in [0.05, 0.1) is 33.8 Å². The normalized spacial score (nSPS) is 14.2. The van der Waals surface area contributed by atoms with E-state index in [-0.39, 0.29) is 25.1 Å². The van der Waals surface area contributed by atoms with Crippen LogP contribution in [0.1, 0.15) is 252 Å². The van der Waals surface area contributed by atoms with Crippen molar-refractivity contribution in [1.29, 1.82) is 0 Å². The minimum atomic E-state index is -4.44. The Kier molecular flexibility index (Phi) is 46.2. The van der Waals surface area contributed by atoms with Gasteiger partial charge in [0.15, 0.2) is 0 Å². The molecule has 10 heteroatoms. The number of hydrogen-bond donors (Lipinski definition) is 2. The summed E-state index contributed by atoms with van der Waals surface area (Å²) >= 11 is 0. The monoisotopic (exact) mass is 964 g/mol. The number of nitrogens with zero attached hydrogens (tertiary/aromatic N) is 1. The molecule has 9 nitrogen and oxygen atoms in total. The lowest BCUT2D eigenvalue weighted by atomic mass is 10.0. The largest absolute Gasteiger partial charge is 0.472 e. The van der Waals surface area contributed by atoms with Crippen LogP contribution >= 0.6 is 7.82 Å². The minimum Gasteiger partial charge on any atom is -0.456 e. The average Bonchev–Trinajstić information content (AvgIpc) is 3.28. The van der Waals surface area contributed by atoms with E-state index in [0.717, 1.165) is 89.9 Å². The standard InChI is InChI=1S/C57H107N2O7P/c1-7-10-13-16-19-22-25-28-29-30-32-34-37-40-43-46-49-56(60)58-54(53-65-67(62,63)64-52-51-59(4,5)6)55(48-45-42-39-36-33-27-24-21-18-15-12-9-3)66-57(61)50-47-44-41-38-35-31-26-23-20-17-14-11-8-2/h10,13,19,22,28-29,45,48,54-55H,7-9,11-12,14-18,20-21,23-27,30-44,46-47,49-53H2,1-6H3,(H-,58,60,62,63)/p+1/b13-10+,22-19+,29-28+,48-45+. The van der Waals surface area contributed by atoms with Crippen LogP contribution in [0.4, 0.5) is 0 Å². The number of unbranched alkanes of at least 4 members (excludes halogenated alkanes) is 28. The molecule has 0 radical (unpaired) electrons. The fourth-order valence-electron chi connectivity index (χ4n) is 7.95. The molecule has 1 amide bonds. The Morgan fingerprint density at radius 2 is 0.955 bits per heavy atom. The van der Waals surface area contributed by atoms with E-state index in [0.29, 0.717) is 23.9 Å². The van der Waals surface area contributed by atoms with Gasteiger partial charge in [0.1, 0.15) is 19.3 Å². The topological polar surface area (TPSA) is 111 Å². The minimum absolute atomic E-state index is 0.0380. The van der Waals surface area contributed by atoms with Crippen molar-refractivity contribution in [3.8, 4) is 0 Å². The predicted octanol–water partition coefficient (Wildman–Crippen LogP) is 16.6. The molecular formula is C57H108N2O7P+. The lowest BCUT2D eigenvalue weighted by molar-refractivity contribution is -0.870. The second kappa shape index (κ2) is 47.6. The van der Waals surface area contributed by atoms with Crippen LogP contribution in [0.2, 0.25) is 0 Å². The maximum atomic E-state index is 13.5. The molecule has 2 N–H and O–H groups in total. The van der Waals surface area contributed by atoms with Crippen LogP contribution in [0.15, 0.2) is 48.6 Å². The summed E-state index contributed by atoms with van der Waals surface area (Å²) in [7, 11) is 1.49. The van der Waals surface area contributed by atoms with Gasteiger partial charge in [-0.25, -0.2) is 4.57 Å². The first-order valence-corrected chi connectivity index (χ1v) is 29.5. The Hall–Kier alpha value is -2.03. The third-order valence-electron chi connectivity index (χ3n) is 12.3. The van der Waals surface area contributed by atoms with E-state index in [1.807, 2.05) is 33.3 Å². The summed E-state index contributed by atoms with van der Waals surface area (Å²) in [4.78, 5) is 37.5. The first kappa shape index (κ1) is 65.0. The number of amides is 1. The maximum Gasteiger partial charge on any atom is 0.472 e. The molecule has 0 aromatic rings. The van der Waals surface area contributed by atoms with Gasteiger partial charge in [-0.05, 0) is 63.9 Å². The zero-order chi connectivity index (χ0) is 49.4. The highest BCUT2D eigenvalue weighted by Gasteiger charge is 2.30. The number of carbonyl (C=O) groups is 2. The van der Waals surface area contributed by atoms with Gasteiger partial charge in [-0.3, -0.25) is 18.6 Å². The van der Waals surface area contributed by atoms with Crippen molar-refractivity contribution in [3.63, 3.8) is 0 Å². The van der Waals surface area contributed by atoms with Gasteiger partial charge in [0, 0.05) is 12.8 Å². The van der Waals surface area contributed by atoms with Gasteiger partial charge in [0.2, 0.25) is 5.91 Å². The molecule has 67 heavy (non-hydrogen) atoms. The summed E-state index contributed by atoms with van der Waals surface area (Å²) in [6, 6.07) is -0.851. The zero-order valence-electron chi connectivity index (χ0n) is 44.6. The van der Waals surface area contributed by atoms with Gasteiger partial charge in [-0.15, -0.1) is 0 Å². The van der Waals surface area contributed by atoms with Crippen LogP contribution in [0.25, 0.3) is 0 Å². The predicted molar refractivity (Wildman–Crippen MR) is 286 cm³/mol. The Balaban J connectivity index is 5.38. The third kappa shape index (κ3) is 48.8. The second-order valence-corrected chi connectivity index (χ2v) is 21.5. The summed E-state index contributed by atoms with van der Waals surface area (Å²) in [6.45, 7) is 6.89. The number of nitrogens with one attached hydrogen (secondary N) is 1. The van der Waals surface area contributed by atoms with Crippen LogP contribution in [-0.4, -0.2) is 74.3 Å². The highest BCUT2D eigenvalue weighted by Crippen LogP contribution is 2.43. The van der Waals surface area contributed by atoms with Crippen molar-refractivity contribution in [2.75, 3.05) is 40.9 Å². The van der Waals surface area contributed by atoms with Gasteiger partial charge in [0.25, 0.3) is 0 Å². The van der Waals surface area contributed by atoms with E-state index in [9.17, 15) is 19.0 Å². The quantitative estimate of drug-likeness (QED) is 0.0205. The average molecular weight is 964 g/mol. The molecule has 3 atom stereocenters. The lowest BCUT2D eigenvalue weighted by Gasteiger charge is -2.27. The number of carbonyl (C=O) groups excluding carboxylic acids is 2. The SMILES string of the molecule is CC/C=C/C/C=C/C/C=C/CCCCCCCCC(=O)NC(COP(=O)(O)OCC[N+](C)(C)C)C(/C=C/CCCCCCCCCCCC)OC(=O)CCCCCCCCCCCCCCC. The summed E-state index contributed by atoms with van der Waals surface area (Å²) < 4.78 is 30.6. The fourth-order valence-corrected chi connectivity index (χ4v) is 8.69. The van der Waals surface area contributed by atoms with Crippen LogP contribution in [0.5, 0.6) is 0 Å². The van der Waals surface area contributed by atoms with E-state index in [1.165, 1.54) is 128 Å². The van der Waals surface area contributed by atoms with Crippen molar-refractivity contribution in [2.24, 2.45) is 0 Å². The summed E-state index contributed by atoms with van der Waals surface area (Å²) in [5.41, 5.74) is 0. The van der Waals surface area contributed by atoms with Crippen LogP contribution in [-0.2, 0) is 27.9 Å². The Morgan fingerprint density at radius 1 is 0.537 bits per heavy atom. The van der Waals surface area contributed by atoms with Crippen molar-refractivity contribution >= 4 is 19.7 Å². The van der Waals surface area contributed by atoms with E-state index < -0.39 is 20.0 Å². The van der Waals surface area contributed by atoms with Gasteiger partial charge < -0.3 is 19.4 Å². The van der Waals surface area contributed by atoms with E-state index in [4.69, 9.17) is 13.8 Å². The number of rotatable bonds is 50. The highest BCUT2D eigenvalue weighted by molar-refractivity contribution is 7.47. The molecule has 0 rings (SSSR count). The number of allylic oxidation sites excluding steroid dienone is 7. The summed E-state index contributed by atoms with van der Waals surface area (Å²) in [5.74, 6) is -0.515. The second-order valence-electron chi connectivity index (χ2n) is 20.1. The van der Waals surface area contributed by atoms with Gasteiger partial charge in [-0.1, -0.05) is 224 Å². The lowest BCUT2D eigenvalue weighted by Crippen LogP contribution is -2.47. The van der Waals surface area contributed by atoms with Crippen molar-refractivity contribution in [1.82, 2.24) is 5.32 Å². The molecule has 392 valence electrons. The fraction of sp³-hybridized carbons (Fsp3) is 0.825. The zero-order valence-corrected chi connectivity index (χ0v) is 45.5. The first-order valence-electron chi connectivity index (χ1n) is 28.0. The number of ether oxygens (including phenoxy) is 1. The van der Waals surface area contributed by atoms with Gasteiger partial charge >= 0.3 is 13.8 Å². The number of esters is 1. The van der Waals surface area contributed by atoms with E-state index in [2.05, 4.69) is 62.5 Å². The number of phosphoric ester groups is 1. The smallest absolute Gasteiger partial charge is 0.456 e. The van der Waals surface area contributed by atoms with Crippen molar-refractivity contribution in [2.45, 2.75) is 264 Å². The van der Waals surface area contributed by atoms with Crippen molar-refractivity contribution < 1.29 is 37.3 Å². The summed E-state index contributed by atoms with van der Waals surface area (Å²) in [6.07, 6.45) is 56.7. The van der Waals surface area contributed by atoms with Crippen LogP contribution in [0, 0.1) is 0 Å². The highest BCUT2D eigenvalue weighted by atomic mass is 31.2. The van der Waals surface area contributed by atoms with Gasteiger partial charge in [-0.2, -0.15) is 0 Å². The van der Waals surface area contributed by atoms with E-state index in [1.54, 1.807) is 0 Å². The molecule has 0 heterocycles. The summed E-state index contributed by atoms with van der Waals surface area (Å²) in [5, 5.41) is 3.04. The number of likely N-dealkylation sites (N-methyl/N-ethyl adjacent to an activating group) is 1. The molecular weight excluding hydrogens is 856 g/mol. The molecule has 0 aromatic carbocycles. The van der Waals surface area contributed by atoms with E-state index >= 15 is 0 Å². The molecule has 0 bridgehead atoms. The maximum absolute atomic E-state index is 13.5. The first-order chi connectivity index (χ1) is 32.4. The Bertz CT molecular complexity index is 1290. The molecule has 0 fully saturated rings.